The summed E-state index contributed by atoms with van der Waals surface area (Å²) in [4.78, 5) is 19.6. The highest BCUT2D eigenvalue weighted by Gasteiger charge is 2.32. The van der Waals surface area contributed by atoms with Crippen LogP contribution in [0.5, 0.6) is 5.75 Å². The Hall–Kier alpha value is -3.37. The van der Waals surface area contributed by atoms with Crippen LogP contribution in [0.1, 0.15) is 18.1 Å². The molecule has 0 atom stereocenters. The van der Waals surface area contributed by atoms with Gasteiger partial charge in [-0.25, -0.2) is 4.99 Å². The van der Waals surface area contributed by atoms with Crippen molar-refractivity contribution in [3.63, 3.8) is 0 Å². The van der Waals surface area contributed by atoms with Crippen molar-refractivity contribution in [3.05, 3.63) is 101 Å². The standard InChI is InChI=1S/C24H19ClN2O2/c1-2-29-21-13-11-20(12-14-21)27-23(18-8-4-3-5-9-18)26-22(24(27)28)16-17-7-6-10-19(25)15-17/h3-16H,2H2,1H3. The Labute approximate surface area is 174 Å². The van der Waals surface area contributed by atoms with Gasteiger partial charge in [0.1, 0.15) is 17.3 Å². The van der Waals surface area contributed by atoms with Gasteiger partial charge >= 0.3 is 0 Å². The maximum absolute atomic E-state index is 13.3. The first kappa shape index (κ1) is 19.0. The summed E-state index contributed by atoms with van der Waals surface area (Å²) >= 11 is 6.08. The summed E-state index contributed by atoms with van der Waals surface area (Å²) in [5, 5.41) is 0.612. The van der Waals surface area contributed by atoms with Crippen LogP contribution in [-0.4, -0.2) is 18.3 Å². The summed E-state index contributed by atoms with van der Waals surface area (Å²) in [7, 11) is 0. The molecule has 0 aromatic heterocycles. The van der Waals surface area contributed by atoms with Crippen LogP contribution >= 0.6 is 11.6 Å². The lowest BCUT2D eigenvalue weighted by Gasteiger charge is -2.19. The Morgan fingerprint density at radius 3 is 2.45 bits per heavy atom. The topological polar surface area (TPSA) is 41.9 Å². The highest BCUT2D eigenvalue weighted by atomic mass is 35.5. The number of amides is 1. The molecule has 29 heavy (non-hydrogen) atoms. The zero-order valence-corrected chi connectivity index (χ0v) is 16.6. The molecule has 4 rings (SSSR count). The molecule has 1 heterocycles. The number of carbonyl (C=O) groups is 1. The lowest BCUT2D eigenvalue weighted by molar-refractivity contribution is -0.113. The number of hydrogen-bond acceptors (Lipinski definition) is 3. The molecule has 3 aromatic rings. The van der Waals surface area contributed by atoms with E-state index in [1.165, 1.54) is 0 Å². The average Bonchev–Trinajstić information content (AvgIpc) is 3.06. The van der Waals surface area contributed by atoms with Gasteiger partial charge in [0.25, 0.3) is 5.91 Å². The number of rotatable bonds is 5. The zero-order chi connectivity index (χ0) is 20.2. The molecule has 0 saturated carbocycles. The maximum atomic E-state index is 13.3. The summed E-state index contributed by atoms with van der Waals surface area (Å²) in [6.45, 7) is 2.52. The SMILES string of the molecule is CCOc1ccc(N2C(=O)C(=Cc3cccc(Cl)c3)N=C2c2ccccc2)cc1. The van der Waals surface area contributed by atoms with E-state index in [-0.39, 0.29) is 5.91 Å². The van der Waals surface area contributed by atoms with Gasteiger partial charge in [0.2, 0.25) is 0 Å². The Morgan fingerprint density at radius 2 is 1.76 bits per heavy atom. The molecule has 3 aromatic carbocycles. The van der Waals surface area contributed by atoms with Gasteiger partial charge in [0, 0.05) is 10.6 Å². The minimum atomic E-state index is -0.187. The van der Waals surface area contributed by atoms with Crippen molar-refractivity contribution < 1.29 is 9.53 Å². The van der Waals surface area contributed by atoms with Crippen molar-refractivity contribution in [2.24, 2.45) is 4.99 Å². The Morgan fingerprint density at radius 1 is 1.00 bits per heavy atom. The van der Waals surface area contributed by atoms with Crippen LogP contribution in [0.2, 0.25) is 5.02 Å². The fourth-order valence-corrected chi connectivity index (χ4v) is 3.35. The Bertz CT molecular complexity index is 1090. The number of halogens is 1. The van der Waals surface area contributed by atoms with E-state index in [1.54, 1.807) is 23.1 Å². The van der Waals surface area contributed by atoms with E-state index in [4.69, 9.17) is 16.3 Å². The normalized spacial score (nSPS) is 15.0. The monoisotopic (exact) mass is 402 g/mol. The van der Waals surface area contributed by atoms with Gasteiger partial charge in [0.05, 0.1) is 12.3 Å². The van der Waals surface area contributed by atoms with E-state index in [9.17, 15) is 4.79 Å². The van der Waals surface area contributed by atoms with Crippen LogP contribution in [0.25, 0.3) is 6.08 Å². The summed E-state index contributed by atoms with van der Waals surface area (Å²) in [5.41, 5.74) is 2.78. The van der Waals surface area contributed by atoms with Crippen LogP contribution in [0.4, 0.5) is 5.69 Å². The van der Waals surface area contributed by atoms with E-state index in [0.29, 0.717) is 23.2 Å². The molecule has 1 aliphatic heterocycles. The van der Waals surface area contributed by atoms with Gasteiger partial charge in [-0.1, -0.05) is 54.1 Å². The minimum Gasteiger partial charge on any atom is -0.494 e. The lowest BCUT2D eigenvalue weighted by Crippen LogP contribution is -2.32. The van der Waals surface area contributed by atoms with Crippen molar-refractivity contribution in [2.75, 3.05) is 11.5 Å². The molecule has 144 valence electrons. The number of nitrogens with zero attached hydrogens (tertiary/aromatic N) is 2. The highest BCUT2D eigenvalue weighted by molar-refractivity contribution is 6.33. The van der Waals surface area contributed by atoms with E-state index in [2.05, 4.69) is 4.99 Å². The molecule has 5 heteroatoms. The van der Waals surface area contributed by atoms with Gasteiger partial charge in [-0.3, -0.25) is 9.69 Å². The van der Waals surface area contributed by atoms with Gasteiger partial charge in [-0.2, -0.15) is 0 Å². The van der Waals surface area contributed by atoms with Crippen LogP contribution < -0.4 is 9.64 Å². The summed E-state index contributed by atoms with van der Waals surface area (Å²) in [6.07, 6.45) is 1.76. The molecule has 0 fully saturated rings. The number of hydrogen-bond donors (Lipinski definition) is 0. The smallest absolute Gasteiger partial charge is 0.282 e. The fraction of sp³-hybridized carbons (Fsp3) is 0.0833. The van der Waals surface area contributed by atoms with Gasteiger partial charge in [-0.05, 0) is 55.0 Å². The number of ether oxygens (including phenoxy) is 1. The predicted molar refractivity (Wildman–Crippen MR) is 118 cm³/mol. The first-order valence-electron chi connectivity index (χ1n) is 9.34. The van der Waals surface area contributed by atoms with Gasteiger partial charge < -0.3 is 4.74 Å². The molecule has 0 N–H and O–H groups in total. The first-order chi connectivity index (χ1) is 14.2. The fourth-order valence-electron chi connectivity index (χ4n) is 3.15. The van der Waals surface area contributed by atoms with Crippen molar-refractivity contribution >= 4 is 35.1 Å². The number of aliphatic imine (C=N–C) groups is 1. The third-order valence-electron chi connectivity index (χ3n) is 4.45. The number of amidine groups is 1. The van der Waals surface area contributed by atoms with Crippen LogP contribution in [-0.2, 0) is 4.79 Å². The molecule has 0 radical (unpaired) electrons. The number of benzene rings is 3. The third kappa shape index (κ3) is 4.08. The maximum Gasteiger partial charge on any atom is 0.282 e. The van der Waals surface area contributed by atoms with Crippen LogP contribution in [0.3, 0.4) is 0 Å². The van der Waals surface area contributed by atoms with Crippen molar-refractivity contribution in [2.45, 2.75) is 6.92 Å². The number of anilines is 1. The van der Waals surface area contributed by atoms with Gasteiger partial charge in [0.15, 0.2) is 0 Å². The van der Waals surface area contributed by atoms with Gasteiger partial charge in [-0.15, -0.1) is 0 Å². The minimum absolute atomic E-state index is 0.187. The molecule has 0 unspecified atom stereocenters. The highest BCUT2D eigenvalue weighted by Crippen LogP contribution is 2.29. The van der Waals surface area contributed by atoms with E-state index >= 15 is 0 Å². The molecule has 0 spiro atoms. The zero-order valence-electron chi connectivity index (χ0n) is 15.9. The van der Waals surface area contributed by atoms with Crippen LogP contribution in [0.15, 0.2) is 89.6 Å². The summed E-state index contributed by atoms with van der Waals surface area (Å²) in [6, 6.07) is 24.5. The van der Waals surface area contributed by atoms with E-state index in [1.807, 2.05) is 73.7 Å². The largest absolute Gasteiger partial charge is 0.494 e. The molecule has 0 bridgehead atoms. The Kier molecular flexibility index (Phi) is 5.45. The van der Waals surface area contributed by atoms with E-state index in [0.717, 1.165) is 22.6 Å². The first-order valence-corrected chi connectivity index (χ1v) is 9.72. The summed E-state index contributed by atoms with van der Waals surface area (Å²) in [5.74, 6) is 1.16. The molecule has 4 nitrogen and oxygen atoms in total. The molecule has 1 amide bonds. The molecular weight excluding hydrogens is 384 g/mol. The average molecular weight is 403 g/mol. The second-order valence-electron chi connectivity index (χ2n) is 6.45. The second-order valence-corrected chi connectivity index (χ2v) is 6.89. The second kappa shape index (κ2) is 8.33. The predicted octanol–water partition coefficient (Wildman–Crippen LogP) is 5.57. The summed E-state index contributed by atoms with van der Waals surface area (Å²) < 4.78 is 5.52. The Balaban J connectivity index is 1.77. The third-order valence-corrected chi connectivity index (χ3v) is 4.69. The quantitative estimate of drug-likeness (QED) is 0.523. The van der Waals surface area contributed by atoms with Crippen molar-refractivity contribution in [1.82, 2.24) is 0 Å². The van der Waals surface area contributed by atoms with Crippen molar-refractivity contribution in [1.29, 1.82) is 0 Å². The van der Waals surface area contributed by atoms with Crippen LogP contribution in [0, 0.1) is 0 Å². The number of carbonyl (C=O) groups excluding carboxylic acids is 1. The molecular formula is C24H19ClN2O2. The molecule has 0 saturated heterocycles. The van der Waals surface area contributed by atoms with Crippen molar-refractivity contribution in [3.8, 4) is 5.75 Å². The lowest BCUT2D eigenvalue weighted by atomic mass is 10.1. The van der Waals surface area contributed by atoms with E-state index < -0.39 is 0 Å². The molecule has 0 aliphatic carbocycles. The molecule has 1 aliphatic rings.